The summed E-state index contributed by atoms with van der Waals surface area (Å²) >= 11 is 0. The van der Waals surface area contributed by atoms with Gasteiger partial charge >= 0.3 is 12.3 Å². The van der Waals surface area contributed by atoms with E-state index in [4.69, 9.17) is 5.73 Å². The van der Waals surface area contributed by atoms with Crippen molar-refractivity contribution >= 4 is 17.8 Å². The van der Waals surface area contributed by atoms with Gasteiger partial charge in [-0.25, -0.2) is 9.78 Å². The van der Waals surface area contributed by atoms with Crippen molar-refractivity contribution < 1.29 is 27.9 Å². The van der Waals surface area contributed by atoms with E-state index in [-0.39, 0.29) is 35.7 Å². The molecule has 2 heterocycles. The number of alkyl halides is 3. The highest BCUT2D eigenvalue weighted by molar-refractivity contribution is 5.81. The molecule has 32 heavy (non-hydrogen) atoms. The monoisotopic (exact) mass is 452 g/mol. The number of carbonyl (C=O) groups is 2. The number of carbonyl (C=O) groups excluding carboxylic acids is 1. The van der Waals surface area contributed by atoms with Crippen LogP contribution in [0.15, 0.2) is 18.3 Å². The predicted octanol–water partition coefficient (Wildman–Crippen LogP) is 3.56. The molecule has 0 aromatic carbocycles. The van der Waals surface area contributed by atoms with Gasteiger partial charge in [-0.2, -0.15) is 13.2 Å². The molecule has 5 unspecified atom stereocenters. The van der Waals surface area contributed by atoms with Crippen molar-refractivity contribution in [1.29, 1.82) is 0 Å². The summed E-state index contributed by atoms with van der Waals surface area (Å²) in [6.45, 7) is 0.360. The lowest BCUT2D eigenvalue weighted by Crippen LogP contribution is -2.61. The van der Waals surface area contributed by atoms with Gasteiger partial charge in [0.2, 0.25) is 5.91 Å². The Labute approximate surface area is 183 Å². The first-order chi connectivity index (χ1) is 15.1. The third kappa shape index (κ3) is 3.38. The molecule has 1 aromatic rings. The Hall–Kier alpha value is -2.52. The fourth-order valence-corrected chi connectivity index (χ4v) is 7.43. The molecule has 1 aliphatic heterocycles. The van der Waals surface area contributed by atoms with Crippen molar-refractivity contribution in [3.05, 3.63) is 23.9 Å². The van der Waals surface area contributed by atoms with Gasteiger partial charge in [-0.05, 0) is 74.3 Å². The molecule has 1 saturated heterocycles. The van der Waals surface area contributed by atoms with Crippen molar-refractivity contribution in [3.63, 3.8) is 0 Å². The van der Waals surface area contributed by atoms with Crippen molar-refractivity contribution in [3.8, 4) is 0 Å². The minimum atomic E-state index is -4.46. The number of nitrogens with one attached hydrogen (secondary N) is 1. The third-order valence-electron chi connectivity index (χ3n) is 8.39. The predicted molar refractivity (Wildman–Crippen MR) is 108 cm³/mol. The van der Waals surface area contributed by atoms with E-state index in [0.29, 0.717) is 37.5 Å². The van der Waals surface area contributed by atoms with E-state index in [1.165, 1.54) is 11.0 Å². The Morgan fingerprint density at radius 2 is 1.88 bits per heavy atom. The zero-order chi connectivity index (χ0) is 22.8. The maximum atomic E-state index is 12.9. The maximum Gasteiger partial charge on any atom is 0.417 e. The molecule has 0 spiro atoms. The largest absolute Gasteiger partial charge is 0.465 e. The number of anilines is 1. The fourth-order valence-electron chi connectivity index (χ4n) is 7.43. The van der Waals surface area contributed by atoms with Gasteiger partial charge < -0.3 is 21.1 Å². The normalized spacial score (nSPS) is 38.2. The van der Waals surface area contributed by atoms with Gasteiger partial charge in [-0.15, -0.1) is 0 Å². The highest BCUT2D eigenvalue weighted by atomic mass is 19.4. The van der Waals surface area contributed by atoms with Crippen LogP contribution in [0.5, 0.6) is 0 Å². The van der Waals surface area contributed by atoms with Crippen LogP contribution in [0.4, 0.5) is 23.8 Å². The lowest BCUT2D eigenvalue weighted by Gasteiger charge is -2.61. The Bertz CT molecular complexity index is 906. The number of rotatable bonds is 4. The standard InChI is InChI=1S/C22H27F3N4O3/c23-22(24,25)14-1-2-16(27-10-14)28-15-3-4-29(20(31)32)18(15)17-12-5-11-6-13(17)9-21(7-11,8-12)19(26)30/h1-2,10-13,15,17-18H,3-9H2,(H2,26,30)(H,27,28)(H,31,32)/t11?,12-,13?,15?,17?,18-,21?/m0/s1. The summed E-state index contributed by atoms with van der Waals surface area (Å²) in [6.07, 6.45) is 0.102. The summed E-state index contributed by atoms with van der Waals surface area (Å²) in [7, 11) is 0. The number of nitrogens with two attached hydrogens (primary N) is 1. The first-order valence-electron chi connectivity index (χ1n) is 11.2. The molecule has 5 aliphatic rings. The summed E-state index contributed by atoms with van der Waals surface area (Å²) in [4.78, 5) is 29.7. The number of pyridine rings is 1. The van der Waals surface area contributed by atoms with Crippen molar-refractivity contribution in [2.45, 2.75) is 56.8 Å². The number of carboxylic acid groups (broad SMARTS) is 1. The Kier molecular flexibility index (Phi) is 4.83. The minimum absolute atomic E-state index is 0.101. The number of hydrogen-bond acceptors (Lipinski definition) is 4. The Morgan fingerprint density at radius 1 is 1.19 bits per heavy atom. The summed E-state index contributed by atoms with van der Waals surface area (Å²) in [6, 6.07) is 1.72. The Morgan fingerprint density at radius 3 is 2.41 bits per heavy atom. The second-order valence-corrected chi connectivity index (χ2v) is 10.1. The first-order valence-corrected chi connectivity index (χ1v) is 11.2. The molecule has 2 amide bonds. The number of primary amides is 1. The van der Waals surface area contributed by atoms with Crippen LogP contribution < -0.4 is 11.1 Å². The Balaban J connectivity index is 1.40. The van der Waals surface area contributed by atoms with E-state index >= 15 is 0 Å². The quantitative estimate of drug-likeness (QED) is 0.647. The van der Waals surface area contributed by atoms with Crippen LogP contribution in [-0.4, -0.2) is 45.6 Å². The van der Waals surface area contributed by atoms with Gasteiger partial charge in [0.1, 0.15) is 5.82 Å². The summed E-state index contributed by atoms with van der Waals surface area (Å²) < 4.78 is 38.6. The van der Waals surface area contributed by atoms with Crippen LogP contribution in [0, 0.1) is 29.1 Å². The molecule has 0 radical (unpaired) electrons. The molecule has 4 N–H and O–H groups in total. The smallest absolute Gasteiger partial charge is 0.417 e. The summed E-state index contributed by atoms with van der Waals surface area (Å²) in [5.41, 5.74) is 4.51. The molecular weight excluding hydrogens is 425 g/mol. The second-order valence-electron chi connectivity index (χ2n) is 10.1. The van der Waals surface area contributed by atoms with E-state index in [1.54, 1.807) is 0 Å². The number of hydrogen-bond donors (Lipinski definition) is 3. The second kappa shape index (κ2) is 7.25. The van der Waals surface area contributed by atoms with E-state index in [0.717, 1.165) is 31.5 Å². The number of aromatic nitrogens is 1. The van der Waals surface area contributed by atoms with Crippen molar-refractivity contribution in [2.24, 2.45) is 34.8 Å². The number of nitrogens with zero attached hydrogens (tertiary/aromatic N) is 2. The summed E-state index contributed by atoms with van der Waals surface area (Å²) in [5.74, 6) is 1.08. The van der Waals surface area contributed by atoms with Crippen molar-refractivity contribution in [2.75, 3.05) is 11.9 Å². The van der Waals surface area contributed by atoms with Crippen LogP contribution in [0.1, 0.15) is 44.1 Å². The molecule has 1 aromatic heterocycles. The number of halogens is 3. The molecule has 5 fully saturated rings. The SMILES string of the molecule is NC(=O)C12CC3CC(C1)C([C@@H]1C(Nc4ccc(C(F)(F)F)cn4)CCN1C(=O)O)[C@@H](C3)C2. The molecule has 7 atom stereocenters. The van der Waals surface area contributed by atoms with E-state index in [9.17, 15) is 27.9 Å². The molecule has 10 heteroatoms. The van der Waals surface area contributed by atoms with Crippen LogP contribution in [0.3, 0.4) is 0 Å². The van der Waals surface area contributed by atoms with Crippen molar-refractivity contribution in [1.82, 2.24) is 9.88 Å². The minimum Gasteiger partial charge on any atom is -0.465 e. The van der Waals surface area contributed by atoms with Gasteiger partial charge in [0.05, 0.1) is 17.6 Å². The van der Waals surface area contributed by atoms with Gasteiger partial charge in [-0.3, -0.25) is 4.79 Å². The average Bonchev–Trinajstić information content (AvgIpc) is 3.10. The highest BCUT2D eigenvalue weighted by Gasteiger charge is 2.61. The first kappa shape index (κ1) is 21.3. The average molecular weight is 452 g/mol. The maximum absolute atomic E-state index is 12.9. The number of amides is 2. The van der Waals surface area contributed by atoms with Gasteiger partial charge in [-0.1, -0.05) is 0 Å². The molecule has 6 rings (SSSR count). The van der Waals surface area contributed by atoms with Gasteiger partial charge in [0.15, 0.2) is 0 Å². The van der Waals surface area contributed by atoms with Gasteiger partial charge in [0.25, 0.3) is 0 Å². The van der Waals surface area contributed by atoms with E-state index in [2.05, 4.69) is 10.3 Å². The van der Waals surface area contributed by atoms with Gasteiger partial charge in [0, 0.05) is 18.2 Å². The molecular formula is C22H27F3N4O3. The zero-order valence-corrected chi connectivity index (χ0v) is 17.5. The van der Waals surface area contributed by atoms with E-state index in [1.807, 2.05) is 0 Å². The van der Waals surface area contributed by atoms with E-state index < -0.39 is 23.2 Å². The molecule has 4 aliphatic carbocycles. The van der Waals surface area contributed by atoms with Crippen LogP contribution in [0.2, 0.25) is 0 Å². The molecule has 7 nitrogen and oxygen atoms in total. The lowest BCUT2D eigenvalue weighted by molar-refractivity contribution is -0.154. The van der Waals surface area contributed by atoms with Crippen LogP contribution in [0.25, 0.3) is 0 Å². The molecule has 4 bridgehead atoms. The number of likely N-dealkylation sites (tertiary alicyclic amines) is 1. The third-order valence-corrected chi connectivity index (χ3v) is 8.39. The van der Waals surface area contributed by atoms with Crippen LogP contribution >= 0.6 is 0 Å². The van der Waals surface area contributed by atoms with Crippen LogP contribution in [-0.2, 0) is 11.0 Å². The summed E-state index contributed by atoms with van der Waals surface area (Å²) in [5, 5.41) is 13.1. The molecule has 174 valence electrons. The topological polar surface area (TPSA) is 109 Å². The lowest BCUT2D eigenvalue weighted by atomic mass is 9.44. The fraction of sp³-hybridized carbons (Fsp3) is 0.682. The highest BCUT2D eigenvalue weighted by Crippen LogP contribution is 2.63. The molecule has 4 saturated carbocycles. The zero-order valence-electron chi connectivity index (χ0n) is 17.5.